The SMILES string of the molecule is CC(C)(C)C(=O)N1CCCC1CCOc1ccc2ncc(-c3cc4cnccc4o3)n2n1. The quantitative estimate of drug-likeness (QED) is 0.465. The highest BCUT2D eigenvalue weighted by molar-refractivity contribution is 5.82. The number of carbonyl (C=O) groups is 1. The molecule has 1 amide bonds. The van der Waals surface area contributed by atoms with Crippen molar-refractivity contribution < 1.29 is 13.9 Å². The summed E-state index contributed by atoms with van der Waals surface area (Å²) in [6.07, 6.45) is 8.06. The molecule has 0 aliphatic carbocycles. The molecule has 1 atom stereocenters. The first-order chi connectivity index (χ1) is 15.4. The van der Waals surface area contributed by atoms with Gasteiger partial charge in [-0.25, -0.2) is 9.50 Å². The maximum Gasteiger partial charge on any atom is 0.231 e. The predicted molar refractivity (Wildman–Crippen MR) is 120 cm³/mol. The third-order valence-corrected chi connectivity index (χ3v) is 5.89. The van der Waals surface area contributed by atoms with Crippen molar-refractivity contribution in [3.8, 4) is 17.3 Å². The maximum atomic E-state index is 12.7. The number of rotatable bonds is 5. The zero-order valence-electron chi connectivity index (χ0n) is 18.6. The van der Waals surface area contributed by atoms with Gasteiger partial charge in [0.05, 0.1) is 12.8 Å². The molecule has 0 saturated carbocycles. The molecule has 1 unspecified atom stereocenters. The molecule has 8 heteroatoms. The molecule has 8 nitrogen and oxygen atoms in total. The summed E-state index contributed by atoms with van der Waals surface area (Å²) in [6, 6.07) is 7.68. The van der Waals surface area contributed by atoms with Crippen LogP contribution < -0.4 is 4.74 Å². The zero-order chi connectivity index (χ0) is 22.3. The Morgan fingerprint density at radius 2 is 2.12 bits per heavy atom. The number of fused-ring (bicyclic) bond motifs is 2. The summed E-state index contributed by atoms with van der Waals surface area (Å²) >= 11 is 0. The number of aromatic nitrogens is 4. The van der Waals surface area contributed by atoms with E-state index in [2.05, 4.69) is 15.1 Å². The minimum atomic E-state index is -0.361. The van der Waals surface area contributed by atoms with Crippen molar-refractivity contribution in [3.63, 3.8) is 0 Å². The maximum absolute atomic E-state index is 12.7. The number of likely N-dealkylation sites (tertiary alicyclic amines) is 1. The van der Waals surface area contributed by atoms with Gasteiger partial charge in [-0.1, -0.05) is 20.8 Å². The molecule has 0 radical (unpaired) electrons. The van der Waals surface area contributed by atoms with Crippen molar-refractivity contribution in [2.24, 2.45) is 5.41 Å². The van der Waals surface area contributed by atoms with Gasteiger partial charge in [0.25, 0.3) is 0 Å². The Bertz CT molecular complexity index is 1240. The van der Waals surface area contributed by atoms with Crippen LogP contribution in [-0.2, 0) is 4.79 Å². The lowest BCUT2D eigenvalue weighted by Gasteiger charge is -2.31. The molecular weight excluding hydrogens is 406 g/mol. The molecule has 5 rings (SSSR count). The van der Waals surface area contributed by atoms with Crippen LogP contribution in [0.5, 0.6) is 5.88 Å². The molecule has 0 bridgehead atoms. The van der Waals surface area contributed by atoms with Gasteiger partial charge in [-0.3, -0.25) is 9.78 Å². The molecule has 1 fully saturated rings. The van der Waals surface area contributed by atoms with Gasteiger partial charge in [-0.15, -0.1) is 5.10 Å². The monoisotopic (exact) mass is 433 g/mol. The van der Waals surface area contributed by atoms with Gasteiger partial charge < -0.3 is 14.1 Å². The standard InChI is InChI=1S/C24H27N5O3/c1-24(2,3)23(30)28-11-4-5-17(28)9-12-31-22-7-6-21-26-15-18(29(21)27-22)20-13-16-14-25-10-8-19(16)32-20/h6-8,10,13-15,17H,4-5,9,11-12H2,1-3H3. The Kier molecular flexibility index (Phi) is 5.07. The van der Waals surface area contributed by atoms with Crippen LogP contribution in [0.2, 0.25) is 0 Å². The largest absolute Gasteiger partial charge is 0.477 e. The molecule has 166 valence electrons. The molecule has 1 saturated heterocycles. The summed E-state index contributed by atoms with van der Waals surface area (Å²) in [6.45, 7) is 7.25. The van der Waals surface area contributed by atoms with Crippen LogP contribution in [0.25, 0.3) is 28.1 Å². The third kappa shape index (κ3) is 3.81. The number of amides is 1. The van der Waals surface area contributed by atoms with Crippen LogP contribution in [0, 0.1) is 5.41 Å². The normalized spacial score (nSPS) is 16.8. The fourth-order valence-electron chi connectivity index (χ4n) is 4.25. The number of carbonyl (C=O) groups excluding carboxylic acids is 1. The van der Waals surface area contributed by atoms with E-state index in [0.717, 1.165) is 42.5 Å². The van der Waals surface area contributed by atoms with Crippen molar-refractivity contribution in [2.45, 2.75) is 46.1 Å². The van der Waals surface area contributed by atoms with Gasteiger partial charge in [0.15, 0.2) is 11.4 Å². The first kappa shape index (κ1) is 20.5. The van der Waals surface area contributed by atoms with E-state index in [0.29, 0.717) is 23.9 Å². The number of hydrogen-bond donors (Lipinski definition) is 0. The molecular formula is C24H27N5O3. The molecule has 4 aromatic rings. The molecule has 5 heterocycles. The minimum Gasteiger partial charge on any atom is -0.477 e. The molecule has 4 aromatic heterocycles. The van der Waals surface area contributed by atoms with Crippen molar-refractivity contribution in [1.82, 2.24) is 24.5 Å². The van der Waals surface area contributed by atoms with Crippen molar-refractivity contribution >= 4 is 22.5 Å². The van der Waals surface area contributed by atoms with E-state index in [1.165, 1.54) is 0 Å². The van der Waals surface area contributed by atoms with Crippen LogP contribution in [-0.4, -0.2) is 49.6 Å². The van der Waals surface area contributed by atoms with E-state index in [1.54, 1.807) is 23.1 Å². The van der Waals surface area contributed by atoms with Gasteiger partial charge in [-0.05, 0) is 31.0 Å². The van der Waals surface area contributed by atoms with E-state index < -0.39 is 0 Å². The average molecular weight is 434 g/mol. The number of furan rings is 1. The van der Waals surface area contributed by atoms with Gasteiger partial charge >= 0.3 is 0 Å². The molecule has 1 aliphatic rings. The van der Waals surface area contributed by atoms with Gasteiger partial charge in [0, 0.05) is 48.3 Å². The topological polar surface area (TPSA) is 85.8 Å². The Morgan fingerprint density at radius 3 is 2.94 bits per heavy atom. The van der Waals surface area contributed by atoms with E-state index in [-0.39, 0.29) is 17.4 Å². The summed E-state index contributed by atoms with van der Waals surface area (Å²) in [5, 5.41) is 5.54. The van der Waals surface area contributed by atoms with Crippen LogP contribution in [0.3, 0.4) is 0 Å². The van der Waals surface area contributed by atoms with Crippen molar-refractivity contribution in [1.29, 1.82) is 0 Å². The van der Waals surface area contributed by atoms with Crippen molar-refractivity contribution in [3.05, 3.63) is 42.9 Å². The summed E-state index contributed by atoms with van der Waals surface area (Å²) in [5.74, 6) is 1.40. The summed E-state index contributed by atoms with van der Waals surface area (Å²) < 4.78 is 13.6. The molecule has 1 aliphatic heterocycles. The summed E-state index contributed by atoms with van der Waals surface area (Å²) in [7, 11) is 0. The predicted octanol–water partition coefficient (Wildman–Crippen LogP) is 4.34. The Labute approximate surface area is 186 Å². The zero-order valence-corrected chi connectivity index (χ0v) is 18.6. The second-order valence-corrected chi connectivity index (χ2v) is 9.29. The fraction of sp³-hybridized carbons (Fsp3) is 0.417. The Morgan fingerprint density at radius 1 is 1.25 bits per heavy atom. The lowest BCUT2D eigenvalue weighted by Crippen LogP contribution is -2.42. The molecule has 0 aromatic carbocycles. The highest BCUT2D eigenvalue weighted by Crippen LogP contribution is 2.29. The van der Waals surface area contributed by atoms with E-state index in [9.17, 15) is 4.79 Å². The Balaban J connectivity index is 1.30. The fourth-order valence-corrected chi connectivity index (χ4v) is 4.25. The highest BCUT2D eigenvalue weighted by atomic mass is 16.5. The van der Waals surface area contributed by atoms with Crippen LogP contribution in [0.1, 0.15) is 40.0 Å². The van der Waals surface area contributed by atoms with E-state index in [1.807, 2.05) is 49.9 Å². The Hall–Kier alpha value is -3.42. The molecule has 0 N–H and O–H groups in total. The summed E-state index contributed by atoms with van der Waals surface area (Å²) in [5.41, 5.74) is 1.87. The lowest BCUT2D eigenvalue weighted by molar-refractivity contribution is -0.140. The average Bonchev–Trinajstić information content (AvgIpc) is 3.49. The van der Waals surface area contributed by atoms with Gasteiger partial charge in [-0.2, -0.15) is 0 Å². The third-order valence-electron chi connectivity index (χ3n) is 5.89. The van der Waals surface area contributed by atoms with E-state index in [4.69, 9.17) is 9.15 Å². The van der Waals surface area contributed by atoms with E-state index >= 15 is 0 Å². The minimum absolute atomic E-state index is 0.212. The van der Waals surface area contributed by atoms with Gasteiger partial charge in [0.2, 0.25) is 11.8 Å². The second kappa shape index (κ2) is 7.93. The number of pyridine rings is 1. The molecule has 0 spiro atoms. The number of hydrogen-bond acceptors (Lipinski definition) is 6. The smallest absolute Gasteiger partial charge is 0.231 e. The second-order valence-electron chi connectivity index (χ2n) is 9.29. The van der Waals surface area contributed by atoms with Gasteiger partial charge in [0.1, 0.15) is 11.3 Å². The number of ether oxygens (including phenoxy) is 1. The number of imidazole rings is 1. The van der Waals surface area contributed by atoms with Crippen molar-refractivity contribution in [2.75, 3.05) is 13.2 Å². The first-order valence-corrected chi connectivity index (χ1v) is 11.0. The lowest BCUT2D eigenvalue weighted by atomic mass is 9.94. The van der Waals surface area contributed by atoms with Crippen LogP contribution >= 0.6 is 0 Å². The highest BCUT2D eigenvalue weighted by Gasteiger charge is 2.34. The van der Waals surface area contributed by atoms with Crippen LogP contribution in [0.15, 0.2) is 47.3 Å². The summed E-state index contributed by atoms with van der Waals surface area (Å²) in [4.78, 5) is 23.3. The first-order valence-electron chi connectivity index (χ1n) is 11.0. The molecule has 32 heavy (non-hydrogen) atoms. The number of nitrogens with zero attached hydrogens (tertiary/aromatic N) is 5. The van der Waals surface area contributed by atoms with Crippen LogP contribution in [0.4, 0.5) is 0 Å².